The van der Waals surface area contributed by atoms with Gasteiger partial charge in [0, 0.05) is 0 Å². The number of rotatable bonds is 7. The number of fused-ring (bicyclic) bond motifs is 1. The minimum absolute atomic E-state index is 0.831. The van der Waals surface area contributed by atoms with E-state index in [1.807, 2.05) is 0 Å². The van der Waals surface area contributed by atoms with Gasteiger partial charge in [-0.2, -0.15) is 0 Å². The predicted molar refractivity (Wildman–Crippen MR) is 78.5 cm³/mol. The zero-order chi connectivity index (χ0) is 13.2. The van der Waals surface area contributed by atoms with Gasteiger partial charge in [-0.15, -0.1) is 0 Å². The van der Waals surface area contributed by atoms with Crippen LogP contribution in [0.1, 0.15) is 79.6 Å². The molecule has 3 aliphatic rings. The van der Waals surface area contributed by atoms with Gasteiger partial charge in [-0.05, 0) is 66.1 Å². The first-order chi connectivity index (χ1) is 8.48. The monoisotopic (exact) mass is 248 g/mol. The molecule has 0 aromatic carbocycles. The van der Waals surface area contributed by atoms with Crippen molar-refractivity contribution in [1.82, 2.24) is 0 Å². The molecule has 0 heterocycles. The maximum Gasteiger partial charge on any atom is -0.0170 e. The molecule has 0 nitrogen and oxygen atoms in total. The van der Waals surface area contributed by atoms with E-state index >= 15 is 0 Å². The third-order valence-corrected chi connectivity index (χ3v) is 8.25. The average Bonchev–Trinajstić information content (AvgIpc) is 3.17. The Hall–Kier alpha value is 0. The highest BCUT2D eigenvalue weighted by molar-refractivity contribution is 5.47. The van der Waals surface area contributed by atoms with Crippen LogP contribution < -0.4 is 0 Å². The lowest BCUT2D eigenvalue weighted by molar-refractivity contribution is 0.148. The van der Waals surface area contributed by atoms with Gasteiger partial charge in [0.1, 0.15) is 0 Å². The molecule has 0 amide bonds. The molecule has 0 heteroatoms. The van der Waals surface area contributed by atoms with Crippen LogP contribution in [0.25, 0.3) is 0 Å². The van der Waals surface area contributed by atoms with Crippen LogP contribution in [0.5, 0.6) is 0 Å². The van der Waals surface area contributed by atoms with Crippen LogP contribution >= 0.6 is 0 Å². The molecule has 104 valence electrons. The summed E-state index contributed by atoms with van der Waals surface area (Å²) in [6, 6.07) is 0. The largest absolute Gasteiger partial charge is 0.0651 e. The Kier molecular flexibility index (Phi) is 2.72. The molecule has 6 unspecified atom stereocenters. The third kappa shape index (κ3) is 1.23. The smallest absolute Gasteiger partial charge is 0.0170 e. The molecule has 3 rings (SSSR count). The summed E-state index contributed by atoms with van der Waals surface area (Å²) in [5, 5.41) is 0. The van der Waals surface area contributed by atoms with Crippen molar-refractivity contribution in [3.8, 4) is 0 Å². The zero-order valence-corrected chi connectivity index (χ0v) is 13.2. The summed E-state index contributed by atoms with van der Waals surface area (Å²) in [6.07, 6.45) is 10.5. The van der Waals surface area contributed by atoms with Gasteiger partial charge in [0.25, 0.3) is 0 Å². The molecule has 18 heavy (non-hydrogen) atoms. The minimum atomic E-state index is 0.831. The Bertz CT molecular complexity index is 334. The second kappa shape index (κ2) is 3.76. The zero-order valence-electron chi connectivity index (χ0n) is 13.2. The molecule has 3 fully saturated rings. The van der Waals surface area contributed by atoms with E-state index in [-0.39, 0.29) is 0 Å². The standard InChI is InChI=1S/C18H32/c1-6-13(3)14(4)15(7-2)8-9-17-12-18(17)11-10-16(17,18)5/h13-15H,6-12H2,1-5H3. The van der Waals surface area contributed by atoms with Crippen molar-refractivity contribution in [2.75, 3.05) is 0 Å². The molecule has 0 radical (unpaired) electrons. The summed E-state index contributed by atoms with van der Waals surface area (Å²) < 4.78 is 0. The second-order valence-corrected chi connectivity index (χ2v) is 8.12. The highest BCUT2D eigenvalue weighted by atomic mass is 15.0. The van der Waals surface area contributed by atoms with E-state index in [1.54, 1.807) is 25.7 Å². The van der Waals surface area contributed by atoms with E-state index in [9.17, 15) is 0 Å². The molecule has 3 saturated carbocycles. The molecular formula is C18H32. The van der Waals surface area contributed by atoms with Gasteiger partial charge in [-0.25, -0.2) is 0 Å². The molecule has 3 aliphatic carbocycles. The van der Waals surface area contributed by atoms with Crippen LogP contribution in [0.4, 0.5) is 0 Å². The fourth-order valence-electron chi connectivity index (χ4n) is 5.97. The Morgan fingerprint density at radius 2 is 1.72 bits per heavy atom. The first kappa shape index (κ1) is 13.0. The highest BCUT2D eigenvalue weighted by Gasteiger charge is 2.99. The lowest BCUT2D eigenvalue weighted by Crippen LogP contribution is -2.25. The van der Waals surface area contributed by atoms with Crippen LogP contribution in [0.3, 0.4) is 0 Å². The normalized spacial score (nSPS) is 48.5. The molecular weight excluding hydrogens is 216 g/mol. The van der Waals surface area contributed by atoms with Crippen molar-refractivity contribution in [3.63, 3.8) is 0 Å². The van der Waals surface area contributed by atoms with Gasteiger partial charge in [-0.3, -0.25) is 0 Å². The van der Waals surface area contributed by atoms with Gasteiger partial charge in [0.05, 0.1) is 0 Å². The Labute approximate surface area is 114 Å². The topological polar surface area (TPSA) is 0 Å². The van der Waals surface area contributed by atoms with E-state index in [0.717, 1.165) is 34.0 Å². The molecule has 0 aromatic rings. The fraction of sp³-hybridized carbons (Fsp3) is 1.00. The molecule has 0 bridgehead atoms. The lowest BCUT2D eigenvalue weighted by atomic mass is 9.70. The van der Waals surface area contributed by atoms with Crippen molar-refractivity contribution in [3.05, 3.63) is 0 Å². The van der Waals surface area contributed by atoms with Crippen molar-refractivity contribution >= 4 is 0 Å². The predicted octanol–water partition coefficient (Wildman–Crippen LogP) is 5.67. The maximum absolute atomic E-state index is 2.58. The molecule has 0 aliphatic heterocycles. The first-order valence-corrected chi connectivity index (χ1v) is 8.48. The van der Waals surface area contributed by atoms with Gasteiger partial charge in [0.15, 0.2) is 0 Å². The summed E-state index contributed by atoms with van der Waals surface area (Å²) in [6.45, 7) is 12.3. The fourth-order valence-corrected chi connectivity index (χ4v) is 5.97. The molecule has 0 saturated heterocycles. The maximum atomic E-state index is 2.58. The van der Waals surface area contributed by atoms with Crippen LogP contribution in [0.2, 0.25) is 0 Å². The molecule has 0 N–H and O–H groups in total. The van der Waals surface area contributed by atoms with Crippen LogP contribution in [-0.4, -0.2) is 0 Å². The van der Waals surface area contributed by atoms with Gasteiger partial charge in [0.2, 0.25) is 0 Å². The van der Waals surface area contributed by atoms with E-state index in [1.165, 1.54) is 19.3 Å². The second-order valence-electron chi connectivity index (χ2n) is 8.12. The third-order valence-electron chi connectivity index (χ3n) is 8.25. The SMILES string of the molecule is CCC(C)C(C)C(CC)CCC12CC13CCC23C. The van der Waals surface area contributed by atoms with Crippen LogP contribution in [0.15, 0.2) is 0 Å². The lowest BCUT2D eigenvalue weighted by Gasteiger charge is -2.35. The Morgan fingerprint density at radius 1 is 1.06 bits per heavy atom. The van der Waals surface area contributed by atoms with Crippen LogP contribution in [0, 0.1) is 34.0 Å². The average molecular weight is 248 g/mol. The van der Waals surface area contributed by atoms with E-state index in [4.69, 9.17) is 0 Å². The van der Waals surface area contributed by atoms with Crippen molar-refractivity contribution in [1.29, 1.82) is 0 Å². The molecule has 0 aromatic heterocycles. The van der Waals surface area contributed by atoms with Crippen molar-refractivity contribution < 1.29 is 0 Å². The van der Waals surface area contributed by atoms with Crippen molar-refractivity contribution in [2.45, 2.75) is 79.6 Å². The van der Waals surface area contributed by atoms with Gasteiger partial charge in [-0.1, -0.05) is 47.5 Å². The van der Waals surface area contributed by atoms with Crippen molar-refractivity contribution in [2.24, 2.45) is 34.0 Å². The van der Waals surface area contributed by atoms with E-state index < -0.39 is 0 Å². The summed E-state index contributed by atoms with van der Waals surface area (Å²) >= 11 is 0. The van der Waals surface area contributed by atoms with E-state index in [2.05, 4.69) is 34.6 Å². The summed E-state index contributed by atoms with van der Waals surface area (Å²) in [7, 11) is 0. The summed E-state index contributed by atoms with van der Waals surface area (Å²) in [5.74, 6) is 2.82. The Morgan fingerprint density at radius 3 is 2.11 bits per heavy atom. The first-order valence-electron chi connectivity index (χ1n) is 8.48. The van der Waals surface area contributed by atoms with Gasteiger partial charge >= 0.3 is 0 Å². The highest BCUT2D eigenvalue weighted by Crippen LogP contribution is 3.06. The quantitative estimate of drug-likeness (QED) is 0.545. The summed E-state index contributed by atoms with van der Waals surface area (Å²) in [4.78, 5) is 0. The summed E-state index contributed by atoms with van der Waals surface area (Å²) in [5.41, 5.74) is 2.60. The van der Waals surface area contributed by atoms with Gasteiger partial charge < -0.3 is 0 Å². The number of hydrogen-bond donors (Lipinski definition) is 0. The van der Waals surface area contributed by atoms with E-state index in [0.29, 0.717) is 0 Å². The number of hydrogen-bond acceptors (Lipinski definition) is 0. The Balaban J connectivity index is 1.54. The van der Waals surface area contributed by atoms with Crippen LogP contribution in [-0.2, 0) is 0 Å². The molecule has 1 spiro atoms. The molecule has 6 atom stereocenters. The minimum Gasteiger partial charge on any atom is -0.0651 e.